The highest BCUT2D eigenvalue weighted by Crippen LogP contribution is 2.19. The Morgan fingerprint density at radius 1 is 0.516 bits per heavy atom. The van der Waals surface area contributed by atoms with Crippen molar-refractivity contribution in [3.05, 3.63) is 0 Å². The summed E-state index contributed by atoms with van der Waals surface area (Å²) in [4.78, 5) is 11.2. The Labute approximate surface area is 196 Å². The van der Waals surface area contributed by atoms with Gasteiger partial charge in [-0.1, -0.05) is 142 Å². The number of rotatable bonds is 25. The van der Waals surface area contributed by atoms with Gasteiger partial charge in [0.15, 0.2) is 0 Å². The van der Waals surface area contributed by atoms with Crippen LogP contribution >= 0.6 is 0 Å². The minimum absolute atomic E-state index is 0.267. The Morgan fingerprint density at radius 2 is 0.806 bits per heavy atom. The lowest BCUT2D eigenvalue weighted by Crippen LogP contribution is -2.05. The number of hydrogen-bond donors (Lipinski definition) is 1. The van der Waals surface area contributed by atoms with Crippen LogP contribution in [0.2, 0.25) is 0 Å². The van der Waals surface area contributed by atoms with Crippen molar-refractivity contribution in [3.63, 3.8) is 0 Å². The van der Waals surface area contributed by atoms with Gasteiger partial charge in [0.2, 0.25) is 0 Å². The molecular formula is C29H58O2. The summed E-state index contributed by atoms with van der Waals surface area (Å²) >= 11 is 0. The smallest absolute Gasteiger partial charge is 0.132 e. The number of carbonyl (C=O) groups is 1. The minimum Gasteiger partial charge on any atom is -0.396 e. The van der Waals surface area contributed by atoms with Gasteiger partial charge in [0.25, 0.3) is 0 Å². The van der Waals surface area contributed by atoms with Crippen LogP contribution in [0, 0.1) is 11.8 Å². The Kier molecular flexibility index (Phi) is 24.0. The summed E-state index contributed by atoms with van der Waals surface area (Å²) in [7, 11) is 0. The molecule has 0 radical (unpaired) electrons. The topological polar surface area (TPSA) is 37.3 Å². The molecule has 0 bridgehead atoms. The van der Waals surface area contributed by atoms with Gasteiger partial charge in [0, 0.05) is 12.5 Å². The Balaban J connectivity index is 3.19. The Morgan fingerprint density at radius 3 is 1.13 bits per heavy atom. The molecule has 1 N–H and O–H groups in total. The van der Waals surface area contributed by atoms with Crippen LogP contribution in [0.3, 0.4) is 0 Å². The number of unbranched alkanes of at least 4 members (excludes halogenated alkanes) is 17. The molecule has 0 rings (SSSR count). The van der Waals surface area contributed by atoms with Crippen LogP contribution in [0.4, 0.5) is 0 Å². The van der Waals surface area contributed by atoms with Crippen molar-refractivity contribution in [2.45, 2.75) is 162 Å². The molecule has 0 spiro atoms. The second-order valence-corrected chi connectivity index (χ2v) is 10.4. The minimum atomic E-state index is 0.267. The SMILES string of the molecule is CC(=O)[C@@H](C)CCCCCCC[C@@H](C)CCCCCCCCCCCCCCCCO. The summed E-state index contributed by atoms with van der Waals surface area (Å²) in [5.41, 5.74) is 0. The van der Waals surface area contributed by atoms with Gasteiger partial charge >= 0.3 is 0 Å². The molecule has 2 nitrogen and oxygen atoms in total. The van der Waals surface area contributed by atoms with Gasteiger partial charge in [0.05, 0.1) is 0 Å². The van der Waals surface area contributed by atoms with Crippen molar-refractivity contribution in [1.82, 2.24) is 0 Å². The van der Waals surface area contributed by atoms with E-state index in [1.165, 1.54) is 128 Å². The molecule has 0 aliphatic carbocycles. The third kappa shape index (κ3) is 24.1. The zero-order valence-corrected chi connectivity index (χ0v) is 21.8. The summed E-state index contributed by atoms with van der Waals surface area (Å²) in [6, 6.07) is 0. The molecule has 0 aliphatic heterocycles. The first-order valence-corrected chi connectivity index (χ1v) is 14.2. The van der Waals surface area contributed by atoms with Crippen molar-refractivity contribution in [1.29, 1.82) is 0 Å². The van der Waals surface area contributed by atoms with Gasteiger partial charge in [-0.25, -0.2) is 0 Å². The van der Waals surface area contributed by atoms with E-state index >= 15 is 0 Å². The van der Waals surface area contributed by atoms with E-state index in [1.54, 1.807) is 6.92 Å². The van der Waals surface area contributed by atoms with Gasteiger partial charge in [-0.3, -0.25) is 4.79 Å². The predicted octanol–water partition coefficient (Wildman–Crippen LogP) is 9.42. The molecule has 0 saturated heterocycles. The maximum Gasteiger partial charge on any atom is 0.132 e. The average Bonchev–Trinajstić information content (AvgIpc) is 2.75. The molecule has 2 atom stereocenters. The van der Waals surface area contributed by atoms with Crippen LogP contribution in [0.25, 0.3) is 0 Å². The van der Waals surface area contributed by atoms with Crippen LogP contribution in [-0.2, 0) is 4.79 Å². The molecule has 0 amide bonds. The second-order valence-electron chi connectivity index (χ2n) is 10.4. The Bertz CT molecular complexity index is 366. The van der Waals surface area contributed by atoms with E-state index in [0.29, 0.717) is 12.4 Å². The third-order valence-corrected chi connectivity index (χ3v) is 7.13. The molecule has 0 heterocycles. The zero-order chi connectivity index (χ0) is 23.0. The van der Waals surface area contributed by atoms with Crippen LogP contribution < -0.4 is 0 Å². The first kappa shape index (κ1) is 30.6. The van der Waals surface area contributed by atoms with E-state index in [4.69, 9.17) is 5.11 Å². The molecule has 0 aromatic carbocycles. The molecular weight excluding hydrogens is 380 g/mol. The van der Waals surface area contributed by atoms with Gasteiger partial charge < -0.3 is 5.11 Å². The van der Waals surface area contributed by atoms with Crippen LogP contribution in [0.15, 0.2) is 0 Å². The summed E-state index contributed by atoms with van der Waals surface area (Å²) in [6.07, 6.45) is 29.7. The van der Waals surface area contributed by atoms with Crippen molar-refractivity contribution in [3.8, 4) is 0 Å². The molecule has 0 aromatic heterocycles. The first-order chi connectivity index (χ1) is 15.1. The molecule has 31 heavy (non-hydrogen) atoms. The molecule has 186 valence electrons. The second kappa shape index (κ2) is 24.3. The number of carbonyl (C=O) groups excluding carboxylic acids is 1. The molecule has 0 saturated carbocycles. The maximum absolute atomic E-state index is 11.2. The highest BCUT2D eigenvalue weighted by molar-refractivity contribution is 5.77. The fourth-order valence-electron chi connectivity index (χ4n) is 4.55. The number of aliphatic hydroxyl groups excluding tert-OH is 1. The normalized spacial score (nSPS) is 13.4. The van der Waals surface area contributed by atoms with Crippen molar-refractivity contribution in [2.75, 3.05) is 6.61 Å². The van der Waals surface area contributed by atoms with Crippen molar-refractivity contribution in [2.24, 2.45) is 11.8 Å². The lowest BCUT2D eigenvalue weighted by molar-refractivity contribution is -0.120. The highest BCUT2D eigenvalue weighted by Gasteiger charge is 2.06. The van der Waals surface area contributed by atoms with Gasteiger partial charge in [-0.15, -0.1) is 0 Å². The molecule has 0 unspecified atom stereocenters. The number of hydrogen-bond acceptors (Lipinski definition) is 2. The summed E-state index contributed by atoms with van der Waals surface area (Å²) < 4.78 is 0. The van der Waals surface area contributed by atoms with E-state index in [9.17, 15) is 4.79 Å². The molecule has 0 aromatic rings. The maximum atomic E-state index is 11.2. The van der Waals surface area contributed by atoms with Crippen molar-refractivity contribution < 1.29 is 9.90 Å². The lowest BCUT2D eigenvalue weighted by Gasteiger charge is -2.11. The van der Waals surface area contributed by atoms with E-state index in [-0.39, 0.29) is 5.92 Å². The Hall–Kier alpha value is -0.370. The van der Waals surface area contributed by atoms with Crippen LogP contribution in [0.1, 0.15) is 162 Å². The van der Waals surface area contributed by atoms with E-state index < -0.39 is 0 Å². The van der Waals surface area contributed by atoms with Crippen molar-refractivity contribution >= 4 is 5.78 Å². The van der Waals surface area contributed by atoms with E-state index in [1.807, 2.05) is 0 Å². The van der Waals surface area contributed by atoms with E-state index in [2.05, 4.69) is 13.8 Å². The fraction of sp³-hybridized carbons (Fsp3) is 0.966. The number of ketones is 1. The third-order valence-electron chi connectivity index (χ3n) is 7.13. The van der Waals surface area contributed by atoms with Gasteiger partial charge in [-0.2, -0.15) is 0 Å². The van der Waals surface area contributed by atoms with Crippen LogP contribution in [0.5, 0.6) is 0 Å². The summed E-state index contributed by atoms with van der Waals surface area (Å²) in [6.45, 7) is 6.60. The monoisotopic (exact) mass is 438 g/mol. The molecule has 0 aliphatic rings. The summed E-state index contributed by atoms with van der Waals surface area (Å²) in [5, 5.41) is 8.76. The standard InChI is InChI=1S/C29H58O2/c1-27(24-20-16-14-17-21-25-28(2)29(3)31)23-19-15-12-10-8-6-4-5-7-9-11-13-18-22-26-30/h27-28,30H,4-26H2,1-3H3/t27-,28-/m0/s1. The number of Topliss-reactive ketones (excluding diaryl/α,β-unsaturated/α-hetero) is 1. The van der Waals surface area contributed by atoms with Gasteiger partial charge in [0.1, 0.15) is 5.78 Å². The predicted molar refractivity (Wildman–Crippen MR) is 138 cm³/mol. The highest BCUT2D eigenvalue weighted by atomic mass is 16.2. The largest absolute Gasteiger partial charge is 0.396 e. The molecule has 2 heteroatoms. The fourth-order valence-corrected chi connectivity index (χ4v) is 4.55. The summed E-state index contributed by atoms with van der Waals surface area (Å²) in [5.74, 6) is 1.52. The average molecular weight is 439 g/mol. The van der Waals surface area contributed by atoms with Gasteiger partial charge in [-0.05, 0) is 25.7 Å². The van der Waals surface area contributed by atoms with Crippen LogP contribution in [-0.4, -0.2) is 17.5 Å². The van der Waals surface area contributed by atoms with E-state index in [0.717, 1.165) is 18.8 Å². The zero-order valence-electron chi connectivity index (χ0n) is 21.8. The quantitative estimate of drug-likeness (QED) is 0.144. The first-order valence-electron chi connectivity index (χ1n) is 14.2. The lowest BCUT2D eigenvalue weighted by atomic mass is 9.95. The molecule has 0 fully saturated rings. The number of aliphatic hydroxyl groups is 1.